The maximum atomic E-state index is 9.72. The average molecular weight is 279 g/mol. The van der Waals surface area contributed by atoms with Crippen molar-refractivity contribution in [1.82, 2.24) is 0 Å². The van der Waals surface area contributed by atoms with Crippen LogP contribution in [0.5, 0.6) is 5.75 Å². The van der Waals surface area contributed by atoms with Gasteiger partial charge in [-0.05, 0) is 18.6 Å². The van der Waals surface area contributed by atoms with Gasteiger partial charge in [-0.3, -0.25) is 0 Å². The van der Waals surface area contributed by atoms with Crippen LogP contribution in [0.15, 0.2) is 29.3 Å². The Labute approximate surface area is 98.4 Å². The number of hydrogen-bond donors (Lipinski definition) is 2. The first-order chi connectivity index (χ1) is 6.07. The van der Waals surface area contributed by atoms with Crippen LogP contribution in [0.25, 0.3) is 0 Å². The van der Waals surface area contributed by atoms with Crippen molar-refractivity contribution in [2.45, 2.75) is 13.0 Å². The van der Waals surface area contributed by atoms with Crippen molar-refractivity contribution in [1.29, 1.82) is 0 Å². The van der Waals surface area contributed by atoms with Crippen molar-refractivity contribution in [2.24, 2.45) is 5.73 Å². The molecule has 0 radical (unpaired) electrons. The summed E-state index contributed by atoms with van der Waals surface area (Å²) in [6, 6.07) is 3.36. The molecule has 78 valence electrons. The number of halogens is 2. The summed E-state index contributed by atoms with van der Waals surface area (Å²) in [5, 5.41) is 9.72. The first-order valence-electron chi connectivity index (χ1n) is 3.94. The molecule has 0 aliphatic rings. The van der Waals surface area contributed by atoms with Gasteiger partial charge < -0.3 is 10.8 Å². The van der Waals surface area contributed by atoms with Crippen LogP contribution in [0.1, 0.15) is 17.2 Å². The largest absolute Gasteiger partial charge is 0.507 e. The highest BCUT2D eigenvalue weighted by Gasteiger charge is 2.13. The van der Waals surface area contributed by atoms with Crippen molar-refractivity contribution < 1.29 is 5.11 Å². The van der Waals surface area contributed by atoms with Gasteiger partial charge in [-0.2, -0.15) is 0 Å². The quantitative estimate of drug-likeness (QED) is 0.817. The molecule has 0 saturated carbocycles. The van der Waals surface area contributed by atoms with Crippen molar-refractivity contribution in [3.63, 3.8) is 0 Å². The van der Waals surface area contributed by atoms with E-state index in [2.05, 4.69) is 22.5 Å². The van der Waals surface area contributed by atoms with Gasteiger partial charge in [0, 0.05) is 10.0 Å². The third kappa shape index (κ3) is 2.50. The number of nitrogens with two attached hydrogens (primary N) is 1. The number of benzene rings is 1. The summed E-state index contributed by atoms with van der Waals surface area (Å²) in [5.41, 5.74) is 7.26. The standard InChI is InChI=1S/C10H12BrNO.ClH/c1-3-8(12)9-7(11)5-4-6(2)10(9)13;/h3-5,8,13H,1,12H2,2H3;1H/t8-;/m0./s1. The highest BCUT2D eigenvalue weighted by Crippen LogP contribution is 2.33. The smallest absolute Gasteiger partial charge is 0.124 e. The number of phenolic OH excluding ortho intramolecular Hbond substituents is 1. The zero-order chi connectivity index (χ0) is 10.0. The second kappa shape index (κ2) is 5.39. The van der Waals surface area contributed by atoms with E-state index in [1.54, 1.807) is 6.08 Å². The summed E-state index contributed by atoms with van der Waals surface area (Å²) in [6.45, 7) is 5.43. The Bertz CT molecular complexity index is 341. The Balaban J connectivity index is 0.00000169. The SMILES string of the molecule is C=C[C@H](N)c1c(Br)ccc(C)c1O.Cl. The summed E-state index contributed by atoms with van der Waals surface area (Å²) in [7, 11) is 0. The lowest BCUT2D eigenvalue weighted by atomic mass is 10.0. The van der Waals surface area contributed by atoms with Crippen molar-refractivity contribution in [2.75, 3.05) is 0 Å². The van der Waals surface area contributed by atoms with Crippen LogP contribution >= 0.6 is 28.3 Å². The summed E-state index contributed by atoms with van der Waals surface area (Å²) in [4.78, 5) is 0. The molecule has 0 fully saturated rings. The molecule has 1 aromatic carbocycles. The molecule has 0 unspecified atom stereocenters. The van der Waals surface area contributed by atoms with Gasteiger partial charge >= 0.3 is 0 Å². The van der Waals surface area contributed by atoms with Crippen LogP contribution in [0.4, 0.5) is 0 Å². The van der Waals surface area contributed by atoms with Crippen molar-refractivity contribution in [3.8, 4) is 5.75 Å². The van der Waals surface area contributed by atoms with Crippen LogP contribution in [0.2, 0.25) is 0 Å². The van der Waals surface area contributed by atoms with E-state index >= 15 is 0 Å². The summed E-state index contributed by atoms with van der Waals surface area (Å²) in [6.07, 6.45) is 1.60. The molecule has 0 bridgehead atoms. The third-order valence-corrected chi connectivity index (χ3v) is 2.64. The molecular weight excluding hydrogens is 265 g/mol. The monoisotopic (exact) mass is 277 g/mol. The highest BCUT2D eigenvalue weighted by atomic mass is 79.9. The first-order valence-corrected chi connectivity index (χ1v) is 4.73. The number of aryl methyl sites for hydroxylation is 1. The fraction of sp³-hybridized carbons (Fsp3) is 0.200. The lowest BCUT2D eigenvalue weighted by molar-refractivity contribution is 0.461. The molecule has 3 N–H and O–H groups in total. The Kier molecular flexibility index (Phi) is 5.19. The van der Waals surface area contributed by atoms with Gasteiger partial charge in [0.25, 0.3) is 0 Å². The molecule has 2 nitrogen and oxygen atoms in total. The topological polar surface area (TPSA) is 46.2 Å². The lowest BCUT2D eigenvalue weighted by Gasteiger charge is -2.13. The number of rotatable bonds is 2. The molecule has 0 aliphatic heterocycles. The molecule has 1 aromatic rings. The van der Waals surface area contributed by atoms with Gasteiger partial charge in [-0.25, -0.2) is 0 Å². The van der Waals surface area contributed by atoms with Gasteiger partial charge in [-0.15, -0.1) is 19.0 Å². The second-order valence-corrected chi connectivity index (χ2v) is 3.74. The predicted octanol–water partition coefficient (Wildman–Crippen LogP) is 3.07. The Morgan fingerprint density at radius 3 is 2.64 bits per heavy atom. The molecule has 0 heterocycles. The Morgan fingerprint density at radius 2 is 2.14 bits per heavy atom. The normalized spacial score (nSPS) is 11.6. The molecule has 0 aromatic heterocycles. The molecule has 14 heavy (non-hydrogen) atoms. The number of aromatic hydroxyl groups is 1. The van der Waals surface area contributed by atoms with Gasteiger partial charge in [0.1, 0.15) is 5.75 Å². The number of hydrogen-bond acceptors (Lipinski definition) is 2. The zero-order valence-electron chi connectivity index (χ0n) is 7.83. The van der Waals surface area contributed by atoms with E-state index in [0.717, 1.165) is 10.0 Å². The molecular formula is C10H13BrClNO. The van der Waals surface area contributed by atoms with Crippen LogP contribution in [-0.4, -0.2) is 5.11 Å². The van der Waals surface area contributed by atoms with Crippen molar-refractivity contribution >= 4 is 28.3 Å². The average Bonchev–Trinajstić information content (AvgIpc) is 2.12. The molecule has 0 saturated heterocycles. The molecule has 4 heteroatoms. The van der Waals surface area contributed by atoms with E-state index in [1.165, 1.54) is 0 Å². The first kappa shape index (κ1) is 13.5. The Morgan fingerprint density at radius 1 is 1.57 bits per heavy atom. The minimum Gasteiger partial charge on any atom is -0.507 e. The maximum absolute atomic E-state index is 9.72. The highest BCUT2D eigenvalue weighted by molar-refractivity contribution is 9.10. The molecule has 1 rings (SSSR count). The van der Waals surface area contributed by atoms with E-state index in [-0.39, 0.29) is 24.2 Å². The van der Waals surface area contributed by atoms with Crippen LogP contribution in [0, 0.1) is 6.92 Å². The van der Waals surface area contributed by atoms with Gasteiger partial charge in [0.05, 0.1) is 6.04 Å². The third-order valence-electron chi connectivity index (χ3n) is 1.95. The minimum atomic E-state index is -0.339. The van der Waals surface area contributed by atoms with E-state index in [9.17, 15) is 5.11 Å². The zero-order valence-corrected chi connectivity index (χ0v) is 10.2. The molecule has 0 aliphatic carbocycles. The summed E-state index contributed by atoms with van der Waals surface area (Å²) >= 11 is 3.33. The Hall–Kier alpha value is -0.510. The van der Waals surface area contributed by atoms with E-state index < -0.39 is 0 Å². The van der Waals surface area contributed by atoms with Crippen molar-refractivity contribution in [3.05, 3.63) is 40.4 Å². The fourth-order valence-electron chi connectivity index (χ4n) is 1.13. The minimum absolute atomic E-state index is 0. The van der Waals surface area contributed by atoms with Gasteiger partial charge in [0.2, 0.25) is 0 Å². The van der Waals surface area contributed by atoms with Gasteiger partial charge in [0.15, 0.2) is 0 Å². The summed E-state index contributed by atoms with van der Waals surface area (Å²) < 4.78 is 0.808. The lowest BCUT2D eigenvalue weighted by Crippen LogP contribution is -2.08. The molecule has 0 spiro atoms. The fourth-order valence-corrected chi connectivity index (χ4v) is 1.71. The van der Waals surface area contributed by atoms with Gasteiger partial charge in [-0.1, -0.05) is 28.1 Å². The van der Waals surface area contributed by atoms with E-state index in [4.69, 9.17) is 5.73 Å². The predicted molar refractivity (Wildman–Crippen MR) is 64.9 cm³/mol. The number of phenols is 1. The van der Waals surface area contributed by atoms with Crippen LogP contribution in [0.3, 0.4) is 0 Å². The second-order valence-electron chi connectivity index (χ2n) is 2.89. The van der Waals surface area contributed by atoms with E-state index in [0.29, 0.717) is 5.56 Å². The summed E-state index contributed by atoms with van der Waals surface area (Å²) in [5.74, 6) is 0.238. The molecule has 1 atom stereocenters. The van der Waals surface area contributed by atoms with Crippen LogP contribution in [-0.2, 0) is 0 Å². The van der Waals surface area contributed by atoms with Crippen LogP contribution < -0.4 is 5.73 Å². The molecule has 0 amide bonds. The van der Waals surface area contributed by atoms with E-state index in [1.807, 2.05) is 19.1 Å². The maximum Gasteiger partial charge on any atom is 0.124 e.